The number of nitrogens with one attached hydrogen (secondary N) is 1. The van der Waals surface area contributed by atoms with Crippen molar-refractivity contribution in [3.8, 4) is 0 Å². The van der Waals surface area contributed by atoms with E-state index in [4.69, 9.17) is 4.74 Å². The molecule has 0 bridgehead atoms. The molecule has 2 aromatic rings. The Labute approximate surface area is 177 Å². The van der Waals surface area contributed by atoms with Gasteiger partial charge in [-0.1, -0.05) is 43.5 Å². The molecule has 2 aliphatic rings. The fraction of sp³-hybridized carbons (Fsp3) is 0.458. The van der Waals surface area contributed by atoms with E-state index in [1.807, 2.05) is 41.3 Å². The molecule has 158 valence electrons. The van der Waals surface area contributed by atoms with Crippen LogP contribution in [0.2, 0.25) is 0 Å². The van der Waals surface area contributed by atoms with E-state index in [-0.39, 0.29) is 17.7 Å². The summed E-state index contributed by atoms with van der Waals surface area (Å²) in [5.74, 6) is -0.399. The first-order valence-electron chi connectivity index (χ1n) is 10.7. The number of benzene rings is 1. The van der Waals surface area contributed by atoms with E-state index in [2.05, 4.69) is 10.3 Å². The number of nitrogens with zero attached hydrogens (tertiary/aromatic N) is 2. The average Bonchev–Trinajstić information content (AvgIpc) is 2.79. The van der Waals surface area contributed by atoms with Gasteiger partial charge in [0, 0.05) is 38.2 Å². The summed E-state index contributed by atoms with van der Waals surface area (Å²) in [7, 11) is 1.65. The number of hydrogen-bond donors (Lipinski definition) is 1. The third kappa shape index (κ3) is 3.72. The first-order chi connectivity index (χ1) is 14.7. The maximum absolute atomic E-state index is 13.6. The van der Waals surface area contributed by atoms with E-state index >= 15 is 0 Å². The van der Waals surface area contributed by atoms with Gasteiger partial charge in [0.05, 0.1) is 18.1 Å². The van der Waals surface area contributed by atoms with E-state index in [1.54, 1.807) is 19.5 Å². The molecular weight excluding hydrogens is 378 g/mol. The Hall–Kier alpha value is -2.73. The van der Waals surface area contributed by atoms with E-state index in [1.165, 1.54) is 0 Å². The van der Waals surface area contributed by atoms with Crippen LogP contribution in [0.15, 0.2) is 48.8 Å². The van der Waals surface area contributed by atoms with Gasteiger partial charge in [-0.15, -0.1) is 0 Å². The summed E-state index contributed by atoms with van der Waals surface area (Å²) < 4.78 is 5.31. The second-order valence-electron chi connectivity index (χ2n) is 8.21. The van der Waals surface area contributed by atoms with Crippen LogP contribution in [0.4, 0.5) is 0 Å². The standard InChI is InChI=1S/C24H29N3O3/c1-30-15-14-27-23(29)20-10-4-3-9-19(20)21(24(27)11-5-2-6-12-24)22(28)26-17-18-8-7-13-25-16-18/h3-4,7-10,13,16,21H,2,5-6,11-12,14-15,17H2,1H3,(H,26,28). The largest absolute Gasteiger partial charge is 0.383 e. The molecule has 1 aliphatic carbocycles. The van der Waals surface area contributed by atoms with Crippen LogP contribution in [0.1, 0.15) is 59.5 Å². The first kappa shape index (κ1) is 20.5. The molecule has 1 aliphatic heterocycles. The quantitative estimate of drug-likeness (QED) is 0.798. The molecule has 1 N–H and O–H groups in total. The molecule has 0 radical (unpaired) electrons. The predicted molar refractivity (Wildman–Crippen MR) is 114 cm³/mol. The Bertz CT molecular complexity index is 894. The smallest absolute Gasteiger partial charge is 0.254 e. The second kappa shape index (κ2) is 8.96. The van der Waals surface area contributed by atoms with Gasteiger partial charge < -0.3 is 15.0 Å². The highest BCUT2D eigenvalue weighted by molar-refractivity contribution is 6.02. The number of rotatable bonds is 6. The number of carbonyl (C=O) groups excluding carboxylic acids is 2. The monoisotopic (exact) mass is 407 g/mol. The van der Waals surface area contributed by atoms with Crippen molar-refractivity contribution in [2.75, 3.05) is 20.3 Å². The Morgan fingerprint density at radius 2 is 2.00 bits per heavy atom. The van der Waals surface area contributed by atoms with E-state index in [0.29, 0.717) is 25.3 Å². The fourth-order valence-electron chi connectivity index (χ4n) is 5.15. The topological polar surface area (TPSA) is 71.5 Å². The molecule has 0 saturated heterocycles. The summed E-state index contributed by atoms with van der Waals surface area (Å²) >= 11 is 0. The highest BCUT2D eigenvalue weighted by atomic mass is 16.5. The number of carbonyl (C=O) groups is 2. The predicted octanol–water partition coefficient (Wildman–Crippen LogP) is 3.29. The van der Waals surface area contributed by atoms with Gasteiger partial charge in [0.15, 0.2) is 0 Å². The molecule has 30 heavy (non-hydrogen) atoms. The molecule has 2 heterocycles. The van der Waals surface area contributed by atoms with Gasteiger partial charge >= 0.3 is 0 Å². The molecular formula is C24H29N3O3. The summed E-state index contributed by atoms with van der Waals surface area (Å²) in [6.45, 7) is 1.38. The zero-order valence-electron chi connectivity index (χ0n) is 17.5. The third-order valence-electron chi connectivity index (χ3n) is 6.51. The van der Waals surface area contributed by atoms with Crippen LogP contribution in [-0.2, 0) is 16.1 Å². The molecule has 6 heteroatoms. The molecule has 1 aromatic carbocycles. The number of aromatic nitrogens is 1. The SMILES string of the molecule is COCCN1C(=O)c2ccccc2C(C(=O)NCc2cccnc2)C12CCCCC2. The van der Waals surface area contributed by atoms with Gasteiger partial charge in [-0.2, -0.15) is 0 Å². The zero-order chi connectivity index (χ0) is 21.0. The van der Waals surface area contributed by atoms with Crippen LogP contribution in [0.5, 0.6) is 0 Å². The third-order valence-corrected chi connectivity index (χ3v) is 6.51. The molecule has 1 fully saturated rings. The van der Waals surface area contributed by atoms with Crippen LogP contribution in [0.25, 0.3) is 0 Å². The van der Waals surface area contributed by atoms with Crippen molar-refractivity contribution >= 4 is 11.8 Å². The molecule has 1 saturated carbocycles. The Kier molecular flexibility index (Phi) is 6.13. The van der Waals surface area contributed by atoms with Crippen molar-refractivity contribution in [3.63, 3.8) is 0 Å². The van der Waals surface area contributed by atoms with Gasteiger partial charge in [-0.25, -0.2) is 0 Å². The van der Waals surface area contributed by atoms with Gasteiger partial charge in [0.2, 0.25) is 5.91 Å². The fourth-order valence-corrected chi connectivity index (χ4v) is 5.15. The highest BCUT2D eigenvalue weighted by Gasteiger charge is 2.54. The van der Waals surface area contributed by atoms with Crippen molar-refractivity contribution in [1.82, 2.24) is 15.2 Å². The molecule has 1 spiro atoms. The zero-order valence-corrected chi connectivity index (χ0v) is 17.5. The average molecular weight is 408 g/mol. The Morgan fingerprint density at radius 1 is 1.20 bits per heavy atom. The van der Waals surface area contributed by atoms with Crippen LogP contribution < -0.4 is 5.32 Å². The molecule has 2 amide bonds. The Balaban J connectivity index is 1.72. The lowest BCUT2D eigenvalue weighted by Gasteiger charge is -2.53. The van der Waals surface area contributed by atoms with Crippen molar-refractivity contribution in [3.05, 3.63) is 65.5 Å². The molecule has 4 rings (SSSR count). The van der Waals surface area contributed by atoms with Crippen molar-refractivity contribution < 1.29 is 14.3 Å². The minimum absolute atomic E-state index is 0.0147. The number of ether oxygens (including phenoxy) is 1. The number of amides is 2. The minimum Gasteiger partial charge on any atom is -0.383 e. The Morgan fingerprint density at radius 3 is 2.73 bits per heavy atom. The van der Waals surface area contributed by atoms with E-state index in [0.717, 1.165) is 43.2 Å². The summed E-state index contributed by atoms with van der Waals surface area (Å²) in [5.41, 5.74) is 1.94. The number of fused-ring (bicyclic) bond motifs is 1. The van der Waals surface area contributed by atoms with Crippen LogP contribution in [-0.4, -0.2) is 47.5 Å². The molecule has 6 nitrogen and oxygen atoms in total. The molecule has 1 aromatic heterocycles. The normalized spacial score (nSPS) is 20.1. The summed E-state index contributed by atoms with van der Waals surface area (Å²) in [6.07, 6.45) is 8.33. The maximum atomic E-state index is 13.6. The highest BCUT2D eigenvalue weighted by Crippen LogP contribution is 2.49. The summed E-state index contributed by atoms with van der Waals surface area (Å²) in [4.78, 5) is 33.2. The van der Waals surface area contributed by atoms with Crippen molar-refractivity contribution in [1.29, 1.82) is 0 Å². The maximum Gasteiger partial charge on any atom is 0.254 e. The van der Waals surface area contributed by atoms with Gasteiger partial charge in [-0.05, 0) is 36.1 Å². The lowest BCUT2D eigenvalue weighted by molar-refractivity contribution is -0.127. The first-order valence-corrected chi connectivity index (χ1v) is 10.7. The van der Waals surface area contributed by atoms with Gasteiger partial charge in [0.1, 0.15) is 0 Å². The number of pyridine rings is 1. The van der Waals surface area contributed by atoms with Crippen molar-refractivity contribution in [2.24, 2.45) is 0 Å². The summed E-state index contributed by atoms with van der Waals surface area (Å²) in [5, 5.41) is 3.12. The van der Waals surface area contributed by atoms with Crippen LogP contribution >= 0.6 is 0 Å². The van der Waals surface area contributed by atoms with Gasteiger partial charge in [-0.3, -0.25) is 14.6 Å². The summed E-state index contributed by atoms with van der Waals surface area (Å²) in [6, 6.07) is 11.4. The molecule has 1 unspecified atom stereocenters. The minimum atomic E-state index is -0.499. The van der Waals surface area contributed by atoms with Gasteiger partial charge in [0.25, 0.3) is 5.91 Å². The number of methoxy groups -OCH3 is 1. The van der Waals surface area contributed by atoms with E-state index in [9.17, 15) is 9.59 Å². The lowest BCUT2D eigenvalue weighted by Crippen LogP contribution is -2.63. The number of hydrogen-bond acceptors (Lipinski definition) is 4. The van der Waals surface area contributed by atoms with Crippen molar-refractivity contribution in [2.45, 2.75) is 50.1 Å². The molecule has 1 atom stereocenters. The van der Waals surface area contributed by atoms with Crippen LogP contribution in [0, 0.1) is 0 Å². The van der Waals surface area contributed by atoms with Crippen LogP contribution in [0.3, 0.4) is 0 Å². The van der Waals surface area contributed by atoms with E-state index < -0.39 is 5.54 Å². The lowest BCUT2D eigenvalue weighted by atomic mass is 9.65. The second-order valence-corrected chi connectivity index (χ2v) is 8.21.